The van der Waals surface area contributed by atoms with Crippen LogP contribution in [0.4, 0.5) is 0 Å². The monoisotopic (exact) mass is 318 g/mol. The van der Waals surface area contributed by atoms with Gasteiger partial charge in [-0.25, -0.2) is 4.98 Å². The van der Waals surface area contributed by atoms with Gasteiger partial charge in [-0.3, -0.25) is 9.78 Å². The van der Waals surface area contributed by atoms with Crippen molar-refractivity contribution in [2.75, 3.05) is 6.54 Å². The maximum Gasteiger partial charge on any atom is 0.254 e. The number of nitrogens with zero attached hydrogens (tertiary/aromatic N) is 4. The molecule has 0 bridgehead atoms. The molecule has 2 aromatic heterocycles. The Hall–Kier alpha value is -2.95. The number of aromatic nitrogens is 3. The van der Waals surface area contributed by atoms with Gasteiger partial charge >= 0.3 is 0 Å². The Labute approximate surface area is 140 Å². The first-order valence-electron chi connectivity index (χ1n) is 8.03. The summed E-state index contributed by atoms with van der Waals surface area (Å²) in [4.78, 5) is 23.2. The van der Waals surface area contributed by atoms with Gasteiger partial charge in [-0.15, -0.1) is 0 Å². The van der Waals surface area contributed by atoms with Gasteiger partial charge in [0, 0.05) is 36.6 Å². The first kappa shape index (κ1) is 14.6. The zero-order valence-electron chi connectivity index (χ0n) is 13.5. The van der Waals surface area contributed by atoms with Crippen molar-refractivity contribution in [3.8, 4) is 11.3 Å². The van der Waals surface area contributed by atoms with Crippen LogP contribution in [0, 0.1) is 6.92 Å². The molecule has 5 heteroatoms. The lowest BCUT2D eigenvalue weighted by Crippen LogP contribution is -2.38. The molecule has 0 radical (unpaired) electrons. The van der Waals surface area contributed by atoms with Crippen molar-refractivity contribution in [1.82, 2.24) is 19.4 Å². The quantitative estimate of drug-likeness (QED) is 0.730. The lowest BCUT2D eigenvalue weighted by atomic mass is 10.1. The van der Waals surface area contributed by atoms with Crippen LogP contribution in [-0.4, -0.2) is 31.9 Å². The highest BCUT2D eigenvalue weighted by atomic mass is 16.2. The molecule has 3 aromatic rings. The van der Waals surface area contributed by atoms with Crippen LogP contribution in [0.5, 0.6) is 0 Å². The number of imidazole rings is 1. The van der Waals surface area contributed by atoms with Gasteiger partial charge in [0.25, 0.3) is 5.91 Å². The summed E-state index contributed by atoms with van der Waals surface area (Å²) >= 11 is 0. The van der Waals surface area contributed by atoms with Crippen molar-refractivity contribution in [2.24, 2.45) is 0 Å². The van der Waals surface area contributed by atoms with Crippen molar-refractivity contribution < 1.29 is 4.79 Å². The number of pyridine rings is 1. The van der Waals surface area contributed by atoms with E-state index >= 15 is 0 Å². The Balaban J connectivity index is 1.58. The van der Waals surface area contributed by atoms with E-state index in [2.05, 4.69) is 14.5 Å². The number of rotatable bonds is 2. The molecule has 1 aromatic carbocycles. The average molecular weight is 318 g/mol. The summed E-state index contributed by atoms with van der Waals surface area (Å²) in [5, 5.41) is 0. The molecular formula is C19H18N4O. The van der Waals surface area contributed by atoms with Gasteiger partial charge in [-0.2, -0.15) is 0 Å². The van der Waals surface area contributed by atoms with Crippen molar-refractivity contribution in [1.29, 1.82) is 0 Å². The molecule has 3 heterocycles. The highest BCUT2D eigenvalue weighted by molar-refractivity contribution is 5.94. The summed E-state index contributed by atoms with van der Waals surface area (Å²) in [7, 11) is 0. The van der Waals surface area contributed by atoms with E-state index in [0.29, 0.717) is 13.1 Å². The molecular weight excluding hydrogens is 300 g/mol. The molecule has 0 aliphatic carbocycles. The minimum absolute atomic E-state index is 0.0622. The van der Waals surface area contributed by atoms with Crippen LogP contribution in [-0.2, 0) is 13.1 Å². The lowest BCUT2D eigenvalue weighted by Gasteiger charge is -2.28. The normalized spacial score (nSPS) is 13.6. The van der Waals surface area contributed by atoms with Crippen LogP contribution in [0.15, 0.2) is 55.0 Å². The van der Waals surface area contributed by atoms with E-state index in [1.807, 2.05) is 60.6 Å². The van der Waals surface area contributed by atoms with Crippen molar-refractivity contribution in [2.45, 2.75) is 20.0 Å². The Morgan fingerprint density at radius 3 is 2.67 bits per heavy atom. The number of amides is 1. The zero-order chi connectivity index (χ0) is 16.5. The van der Waals surface area contributed by atoms with Gasteiger partial charge in [0.15, 0.2) is 0 Å². The minimum Gasteiger partial charge on any atom is -0.329 e. The van der Waals surface area contributed by atoms with E-state index in [-0.39, 0.29) is 5.91 Å². The number of aryl methyl sites for hydroxylation is 1. The van der Waals surface area contributed by atoms with Crippen LogP contribution in [0.2, 0.25) is 0 Å². The summed E-state index contributed by atoms with van der Waals surface area (Å²) < 4.78 is 2.18. The summed E-state index contributed by atoms with van der Waals surface area (Å²) in [6, 6.07) is 11.7. The molecule has 5 nitrogen and oxygen atoms in total. The number of carbonyl (C=O) groups excluding carboxylic acids is 1. The number of hydrogen-bond donors (Lipinski definition) is 0. The van der Waals surface area contributed by atoms with Gasteiger partial charge in [0.05, 0.1) is 18.4 Å². The lowest BCUT2D eigenvalue weighted by molar-refractivity contribution is 0.0708. The van der Waals surface area contributed by atoms with Crippen LogP contribution >= 0.6 is 0 Å². The van der Waals surface area contributed by atoms with Gasteiger partial charge in [-0.05, 0) is 31.2 Å². The number of fused-ring (bicyclic) bond motifs is 1. The molecule has 0 N–H and O–H groups in total. The van der Waals surface area contributed by atoms with Crippen molar-refractivity contribution in [3.63, 3.8) is 0 Å². The van der Waals surface area contributed by atoms with Crippen LogP contribution in [0.1, 0.15) is 21.7 Å². The first-order chi connectivity index (χ1) is 11.7. The van der Waals surface area contributed by atoms with E-state index in [1.165, 1.54) is 0 Å². The Kier molecular flexibility index (Phi) is 3.61. The van der Waals surface area contributed by atoms with Gasteiger partial charge < -0.3 is 9.47 Å². The molecule has 0 unspecified atom stereocenters. The molecule has 0 saturated carbocycles. The highest BCUT2D eigenvalue weighted by Gasteiger charge is 2.24. The van der Waals surface area contributed by atoms with E-state index < -0.39 is 0 Å². The fourth-order valence-electron chi connectivity index (χ4n) is 3.06. The second-order valence-electron chi connectivity index (χ2n) is 6.05. The van der Waals surface area contributed by atoms with Gasteiger partial charge in [0.1, 0.15) is 5.82 Å². The summed E-state index contributed by atoms with van der Waals surface area (Å²) in [5.74, 6) is 0.979. The second-order valence-corrected chi connectivity index (χ2v) is 6.05. The third kappa shape index (κ3) is 2.58. The molecule has 1 aliphatic rings. The predicted octanol–water partition coefficient (Wildman–Crippen LogP) is 2.91. The molecule has 4 rings (SSSR count). The third-order valence-corrected chi connectivity index (χ3v) is 4.41. The number of benzene rings is 1. The predicted molar refractivity (Wildman–Crippen MR) is 91.4 cm³/mol. The van der Waals surface area contributed by atoms with Crippen molar-refractivity contribution in [3.05, 3.63) is 71.9 Å². The SMILES string of the molecule is Cc1ccc(C(=O)N2CCn3c(-c4cccnc4)cnc3C2)cc1. The average Bonchev–Trinajstić information content (AvgIpc) is 3.05. The molecule has 120 valence electrons. The van der Waals surface area contributed by atoms with E-state index in [0.717, 1.165) is 34.8 Å². The molecule has 1 aliphatic heterocycles. The number of carbonyl (C=O) groups is 1. The molecule has 1 amide bonds. The molecule has 0 atom stereocenters. The largest absolute Gasteiger partial charge is 0.329 e. The second kappa shape index (κ2) is 5.92. The highest BCUT2D eigenvalue weighted by Crippen LogP contribution is 2.24. The van der Waals surface area contributed by atoms with E-state index in [9.17, 15) is 4.79 Å². The fourth-order valence-corrected chi connectivity index (χ4v) is 3.06. The van der Waals surface area contributed by atoms with Gasteiger partial charge in [-0.1, -0.05) is 17.7 Å². The maximum absolute atomic E-state index is 12.7. The van der Waals surface area contributed by atoms with E-state index in [1.54, 1.807) is 6.20 Å². The summed E-state index contributed by atoms with van der Waals surface area (Å²) in [5.41, 5.74) is 3.99. The Morgan fingerprint density at radius 2 is 1.92 bits per heavy atom. The smallest absolute Gasteiger partial charge is 0.254 e. The maximum atomic E-state index is 12.7. The minimum atomic E-state index is 0.0622. The molecule has 0 fully saturated rings. The third-order valence-electron chi connectivity index (χ3n) is 4.41. The first-order valence-corrected chi connectivity index (χ1v) is 8.03. The van der Waals surface area contributed by atoms with Crippen LogP contribution in [0.3, 0.4) is 0 Å². The van der Waals surface area contributed by atoms with Crippen LogP contribution < -0.4 is 0 Å². The fraction of sp³-hybridized carbons (Fsp3) is 0.211. The zero-order valence-corrected chi connectivity index (χ0v) is 13.5. The van der Waals surface area contributed by atoms with Crippen LogP contribution in [0.25, 0.3) is 11.3 Å². The Bertz CT molecular complexity index is 868. The van der Waals surface area contributed by atoms with E-state index in [4.69, 9.17) is 0 Å². The molecule has 0 saturated heterocycles. The van der Waals surface area contributed by atoms with Crippen molar-refractivity contribution >= 4 is 5.91 Å². The number of hydrogen-bond acceptors (Lipinski definition) is 3. The summed E-state index contributed by atoms with van der Waals surface area (Å²) in [6.07, 6.45) is 5.47. The Morgan fingerprint density at radius 1 is 1.08 bits per heavy atom. The summed E-state index contributed by atoms with van der Waals surface area (Å²) in [6.45, 7) is 3.99. The standard InChI is InChI=1S/C19H18N4O/c1-14-4-6-15(7-5-14)19(24)22-9-10-23-17(12-21-18(23)13-22)16-3-2-8-20-11-16/h2-8,11-12H,9-10,13H2,1H3. The van der Waals surface area contributed by atoms with Gasteiger partial charge in [0.2, 0.25) is 0 Å². The topological polar surface area (TPSA) is 51.0 Å². The molecule has 24 heavy (non-hydrogen) atoms. The molecule has 0 spiro atoms.